The fraction of sp³-hybridized carbons (Fsp3) is 0.429. The molecule has 1 rings (SSSR count). The van der Waals surface area contributed by atoms with Gasteiger partial charge in [0.15, 0.2) is 0 Å². The Bertz CT molecular complexity index is 459. The van der Waals surface area contributed by atoms with E-state index in [1.807, 2.05) is 19.1 Å². The molecule has 1 aromatic rings. The Morgan fingerprint density at radius 3 is 2.40 bits per heavy atom. The van der Waals surface area contributed by atoms with Gasteiger partial charge >= 0.3 is 5.97 Å². The fourth-order valence-electron chi connectivity index (χ4n) is 1.82. The smallest absolute Gasteiger partial charge is 0.305 e. The Hall–Kier alpha value is -2.08. The minimum atomic E-state index is -1.09. The molecule has 1 amide bonds. The SMILES string of the molecule is CCC(NC(=O)C(N)CC(=O)O)c1ccc(OC)cc1. The summed E-state index contributed by atoms with van der Waals surface area (Å²) in [6.07, 6.45) is 0.294. The maximum absolute atomic E-state index is 11.8. The van der Waals surface area contributed by atoms with Crippen LogP contribution in [0.5, 0.6) is 5.75 Å². The van der Waals surface area contributed by atoms with E-state index in [2.05, 4.69) is 5.32 Å². The third kappa shape index (κ3) is 4.55. The molecule has 0 fully saturated rings. The molecular formula is C14H20N2O4. The summed E-state index contributed by atoms with van der Waals surface area (Å²) in [6, 6.07) is 6.09. The van der Waals surface area contributed by atoms with Crippen LogP contribution in [0.3, 0.4) is 0 Å². The molecule has 0 spiro atoms. The number of ether oxygens (including phenoxy) is 1. The minimum absolute atomic E-state index is 0.201. The Kier molecular flexibility index (Phi) is 5.99. The summed E-state index contributed by atoms with van der Waals surface area (Å²) >= 11 is 0. The number of aliphatic carboxylic acids is 1. The second kappa shape index (κ2) is 7.49. The topological polar surface area (TPSA) is 102 Å². The Labute approximate surface area is 117 Å². The van der Waals surface area contributed by atoms with Crippen molar-refractivity contribution < 1.29 is 19.4 Å². The number of nitrogens with one attached hydrogen (secondary N) is 1. The number of carbonyl (C=O) groups excluding carboxylic acids is 1. The first kappa shape index (κ1) is 16.0. The fourth-order valence-corrected chi connectivity index (χ4v) is 1.82. The Balaban J connectivity index is 2.70. The van der Waals surface area contributed by atoms with Gasteiger partial charge in [-0.2, -0.15) is 0 Å². The minimum Gasteiger partial charge on any atom is -0.497 e. The zero-order chi connectivity index (χ0) is 15.1. The van der Waals surface area contributed by atoms with E-state index in [0.717, 1.165) is 11.3 Å². The summed E-state index contributed by atoms with van der Waals surface area (Å²) in [5.74, 6) is -0.822. The van der Waals surface area contributed by atoms with Crippen LogP contribution < -0.4 is 15.8 Å². The summed E-state index contributed by atoms with van der Waals surface area (Å²) in [5, 5.41) is 11.4. The average Bonchev–Trinajstić information content (AvgIpc) is 2.43. The molecule has 6 heteroatoms. The summed E-state index contributed by atoms with van der Waals surface area (Å²) < 4.78 is 5.07. The van der Waals surface area contributed by atoms with Crippen LogP contribution in [-0.2, 0) is 9.59 Å². The average molecular weight is 280 g/mol. The van der Waals surface area contributed by atoms with Gasteiger partial charge < -0.3 is 20.9 Å². The van der Waals surface area contributed by atoms with Gasteiger partial charge in [-0.15, -0.1) is 0 Å². The molecule has 0 bridgehead atoms. The zero-order valence-corrected chi connectivity index (χ0v) is 11.6. The van der Waals surface area contributed by atoms with Crippen molar-refractivity contribution in [1.82, 2.24) is 5.32 Å². The molecule has 0 radical (unpaired) electrons. The first-order valence-electron chi connectivity index (χ1n) is 6.39. The molecular weight excluding hydrogens is 260 g/mol. The molecule has 2 atom stereocenters. The molecule has 2 unspecified atom stereocenters. The van der Waals surface area contributed by atoms with Crippen LogP contribution in [0.15, 0.2) is 24.3 Å². The normalized spacial score (nSPS) is 13.3. The van der Waals surface area contributed by atoms with E-state index < -0.39 is 17.9 Å². The largest absolute Gasteiger partial charge is 0.497 e. The van der Waals surface area contributed by atoms with Crippen molar-refractivity contribution in [3.05, 3.63) is 29.8 Å². The highest BCUT2D eigenvalue weighted by atomic mass is 16.5. The highest BCUT2D eigenvalue weighted by Crippen LogP contribution is 2.20. The summed E-state index contributed by atoms with van der Waals surface area (Å²) in [4.78, 5) is 22.4. The molecule has 20 heavy (non-hydrogen) atoms. The van der Waals surface area contributed by atoms with Gasteiger partial charge in [-0.05, 0) is 24.1 Å². The second-order valence-electron chi connectivity index (χ2n) is 4.45. The molecule has 110 valence electrons. The van der Waals surface area contributed by atoms with Crippen molar-refractivity contribution >= 4 is 11.9 Å². The molecule has 0 saturated carbocycles. The standard InChI is InChI=1S/C14H20N2O4/c1-3-12(9-4-6-10(20-2)7-5-9)16-14(19)11(15)8-13(17)18/h4-7,11-12H,3,8,15H2,1-2H3,(H,16,19)(H,17,18). The molecule has 0 saturated heterocycles. The van der Waals surface area contributed by atoms with Crippen molar-refractivity contribution in [2.24, 2.45) is 5.73 Å². The first-order valence-corrected chi connectivity index (χ1v) is 6.39. The van der Waals surface area contributed by atoms with Crippen LogP contribution in [0.1, 0.15) is 31.4 Å². The van der Waals surface area contributed by atoms with Crippen molar-refractivity contribution in [2.45, 2.75) is 31.8 Å². The maximum atomic E-state index is 11.8. The second-order valence-corrected chi connectivity index (χ2v) is 4.45. The molecule has 1 aromatic carbocycles. The summed E-state index contributed by atoms with van der Waals surface area (Å²) in [7, 11) is 1.58. The van der Waals surface area contributed by atoms with Crippen molar-refractivity contribution in [3.8, 4) is 5.75 Å². The maximum Gasteiger partial charge on any atom is 0.305 e. The number of amides is 1. The van der Waals surface area contributed by atoms with Gasteiger partial charge in [-0.1, -0.05) is 19.1 Å². The van der Waals surface area contributed by atoms with Gasteiger partial charge in [-0.3, -0.25) is 9.59 Å². The van der Waals surface area contributed by atoms with Gasteiger partial charge in [0.2, 0.25) is 5.91 Å². The molecule has 0 aliphatic heterocycles. The van der Waals surface area contributed by atoms with Crippen LogP contribution in [0, 0.1) is 0 Å². The van der Waals surface area contributed by atoms with E-state index in [-0.39, 0.29) is 12.5 Å². The van der Waals surface area contributed by atoms with E-state index in [4.69, 9.17) is 15.6 Å². The first-order chi connectivity index (χ1) is 9.47. The third-order valence-electron chi connectivity index (χ3n) is 2.97. The lowest BCUT2D eigenvalue weighted by Gasteiger charge is -2.20. The molecule has 0 aliphatic rings. The Morgan fingerprint density at radius 2 is 1.95 bits per heavy atom. The summed E-state index contributed by atoms with van der Waals surface area (Å²) in [5.41, 5.74) is 6.45. The number of rotatable bonds is 7. The highest BCUT2D eigenvalue weighted by Gasteiger charge is 2.20. The number of hydrogen-bond donors (Lipinski definition) is 3. The van der Waals surface area contributed by atoms with Crippen molar-refractivity contribution in [3.63, 3.8) is 0 Å². The quantitative estimate of drug-likeness (QED) is 0.693. The van der Waals surface area contributed by atoms with E-state index >= 15 is 0 Å². The lowest BCUT2D eigenvalue weighted by molar-refractivity contribution is -0.139. The lowest BCUT2D eigenvalue weighted by Crippen LogP contribution is -2.43. The number of nitrogens with two attached hydrogens (primary N) is 1. The van der Waals surface area contributed by atoms with Crippen molar-refractivity contribution in [1.29, 1.82) is 0 Å². The monoisotopic (exact) mass is 280 g/mol. The van der Waals surface area contributed by atoms with Crippen LogP contribution in [0.4, 0.5) is 0 Å². The predicted octanol–water partition coefficient (Wildman–Crippen LogP) is 1.06. The lowest BCUT2D eigenvalue weighted by atomic mass is 10.0. The predicted molar refractivity (Wildman–Crippen MR) is 74.4 cm³/mol. The third-order valence-corrected chi connectivity index (χ3v) is 2.97. The van der Waals surface area contributed by atoms with Crippen LogP contribution in [0.25, 0.3) is 0 Å². The zero-order valence-electron chi connectivity index (χ0n) is 11.6. The number of benzene rings is 1. The van der Waals surface area contributed by atoms with E-state index in [0.29, 0.717) is 6.42 Å². The molecule has 6 nitrogen and oxygen atoms in total. The summed E-state index contributed by atoms with van der Waals surface area (Å²) in [6.45, 7) is 1.93. The van der Waals surface area contributed by atoms with E-state index in [9.17, 15) is 9.59 Å². The molecule has 0 aliphatic carbocycles. The number of carbonyl (C=O) groups is 2. The van der Waals surface area contributed by atoms with Crippen LogP contribution in [0.2, 0.25) is 0 Å². The van der Waals surface area contributed by atoms with Gasteiger partial charge in [0.25, 0.3) is 0 Å². The molecule has 0 heterocycles. The molecule has 4 N–H and O–H groups in total. The number of carboxylic acid groups (broad SMARTS) is 1. The number of methoxy groups -OCH3 is 1. The number of hydrogen-bond acceptors (Lipinski definition) is 4. The van der Waals surface area contributed by atoms with Gasteiger partial charge in [-0.25, -0.2) is 0 Å². The van der Waals surface area contributed by atoms with E-state index in [1.54, 1.807) is 19.2 Å². The van der Waals surface area contributed by atoms with Crippen molar-refractivity contribution in [2.75, 3.05) is 7.11 Å². The van der Waals surface area contributed by atoms with Gasteiger partial charge in [0.05, 0.1) is 25.6 Å². The van der Waals surface area contributed by atoms with Crippen LogP contribution >= 0.6 is 0 Å². The van der Waals surface area contributed by atoms with Gasteiger partial charge in [0, 0.05) is 0 Å². The van der Waals surface area contributed by atoms with E-state index in [1.165, 1.54) is 0 Å². The molecule has 0 aromatic heterocycles. The highest BCUT2D eigenvalue weighted by molar-refractivity contribution is 5.86. The van der Waals surface area contributed by atoms with Gasteiger partial charge in [0.1, 0.15) is 5.75 Å². The Morgan fingerprint density at radius 1 is 1.35 bits per heavy atom. The van der Waals surface area contributed by atoms with Crippen LogP contribution in [-0.4, -0.2) is 30.1 Å². The number of carboxylic acids is 1.